The zero-order valence-corrected chi connectivity index (χ0v) is 16.3. The number of nitrogens with zero attached hydrogens (tertiary/aromatic N) is 3. The van der Waals surface area contributed by atoms with Gasteiger partial charge in [0.15, 0.2) is 0 Å². The number of hydrogen-bond acceptors (Lipinski definition) is 2. The summed E-state index contributed by atoms with van der Waals surface area (Å²) in [4.78, 5) is 7.18. The first-order valence-corrected chi connectivity index (χ1v) is 10.1. The summed E-state index contributed by atoms with van der Waals surface area (Å²) in [5, 5.41) is 0. The first-order valence-electron chi connectivity index (χ1n) is 10.1. The Morgan fingerprint density at radius 1 is 0.533 bits per heavy atom. The minimum Gasteiger partial charge on any atom is -0.294 e. The van der Waals surface area contributed by atoms with E-state index < -0.39 is 0 Å². The monoisotopic (exact) mass is 385 g/mol. The highest BCUT2D eigenvalue weighted by Gasteiger charge is 2.28. The van der Waals surface area contributed by atoms with Crippen molar-refractivity contribution in [1.29, 1.82) is 0 Å². The summed E-state index contributed by atoms with van der Waals surface area (Å²) >= 11 is 0. The average molecular weight is 385 g/mol. The van der Waals surface area contributed by atoms with Gasteiger partial charge in [0.05, 0.1) is 17.6 Å². The van der Waals surface area contributed by atoms with Crippen LogP contribution in [-0.2, 0) is 0 Å². The van der Waals surface area contributed by atoms with Crippen LogP contribution in [0.15, 0.2) is 115 Å². The van der Waals surface area contributed by atoms with Gasteiger partial charge in [0.2, 0.25) is 0 Å². The van der Waals surface area contributed by atoms with Gasteiger partial charge in [-0.2, -0.15) is 0 Å². The van der Waals surface area contributed by atoms with E-state index in [0.29, 0.717) is 0 Å². The molecule has 0 unspecified atom stereocenters. The minimum absolute atomic E-state index is 0.937. The predicted octanol–water partition coefficient (Wildman–Crippen LogP) is 6.99. The first kappa shape index (κ1) is 16.8. The number of imidazole rings is 1. The second kappa shape index (κ2) is 6.75. The van der Waals surface area contributed by atoms with Gasteiger partial charge in [0.25, 0.3) is 0 Å². The summed E-state index contributed by atoms with van der Waals surface area (Å²) in [7, 11) is 0. The lowest BCUT2D eigenvalue weighted by molar-refractivity contribution is 1.05. The van der Waals surface area contributed by atoms with Gasteiger partial charge >= 0.3 is 0 Å². The molecule has 3 heteroatoms. The van der Waals surface area contributed by atoms with Crippen LogP contribution in [0.25, 0.3) is 28.2 Å². The van der Waals surface area contributed by atoms with Gasteiger partial charge < -0.3 is 0 Å². The van der Waals surface area contributed by atoms with Crippen LogP contribution in [0.2, 0.25) is 0 Å². The third-order valence-electron chi connectivity index (χ3n) is 5.60. The molecule has 4 aromatic carbocycles. The Morgan fingerprint density at radius 2 is 1.10 bits per heavy atom. The highest BCUT2D eigenvalue weighted by atomic mass is 15.3. The normalized spacial score (nSPS) is 11.9. The number of para-hydroxylation sites is 3. The molecule has 0 amide bonds. The highest BCUT2D eigenvalue weighted by molar-refractivity contribution is 5.93. The Kier molecular flexibility index (Phi) is 3.78. The summed E-state index contributed by atoms with van der Waals surface area (Å²) in [6.45, 7) is 0. The van der Waals surface area contributed by atoms with Crippen molar-refractivity contribution in [2.75, 3.05) is 4.90 Å². The standard InChI is InChI=1S/C27H19N3/c1-3-11-20(12-4-1)27-28-19-26-29(21-13-5-2-6-14-21)24-17-9-7-15-22(24)23-16-8-10-18-25(23)30(26)27/h1-19H. The molecule has 3 nitrogen and oxygen atoms in total. The molecule has 30 heavy (non-hydrogen) atoms. The van der Waals surface area contributed by atoms with Gasteiger partial charge in [-0.1, -0.05) is 84.9 Å². The summed E-state index contributed by atoms with van der Waals surface area (Å²) in [6, 6.07) is 38.0. The zero-order valence-electron chi connectivity index (χ0n) is 16.3. The second-order valence-corrected chi connectivity index (χ2v) is 7.35. The molecule has 5 aromatic rings. The van der Waals surface area contributed by atoms with E-state index in [0.717, 1.165) is 34.3 Å². The highest BCUT2D eigenvalue weighted by Crippen LogP contribution is 2.47. The Labute approximate surface area is 175 Å². The van der Waals surface area contributed by atoms with Crippen LogP contribution in [0.3, 0.4) is 0 Å². The van der Waals surface area contributed by atoms with E-state index in [2.05, 4.69) is 113 Å². The van der Waals surface area contributed by atoms with Crippen LogP contribution < -0.4 is 4.90 Å². The number of anilines is 3. The molecule has 0 fully saturated rings. The van der Waals surface area contributed by atoms with Gasteiger partial charge in [-0.15, -0.1) is 0 Å². The number of fused-ring (bicyclic) bond motifs is 5. The van der Waals surface area contributed by atoms with Crippen molar-refractivity contribution >= 4 is 17.2 Å². The van der Waals surface area contributed by atoms with E-state index in [9.17, 15) is 0 Å². The Hall–Kier alpha value is -4.11. The molecule has 0 saturated carbocycles. The fourth-order valence-electron chi connectivity index (χ4n) is 4.29. The number of aromatic nitrogens is 2. The maximum Gasteiger partial charge on any atom is 0.146 e. The fraction of sp³-hybridized carbons (Fsp3) is 0. The van der Waals surface area contributed by atoms with Crippen molar-refractivity contribution in [2.45, 2.75) is 0 Å². The molecule has 2 heterocycles. The van der Waals surface area contributed by atoms with Gasteiger partial charge in [-0.25, -0.2) is 4.98 Å². The molecule has 1 aliphatic rings. The minimum atomic E-state index is 0.937. The van der Waals surface area contributed by atoms with Crippen molar-refractivity contribution in [3.63, 3.8) is 0 Å². The maximum atomic E-state index is 4.88. The molecule has 0 spiro atoms. The first-order chi connectivity index (χ1) is 14.9. The lowest BCUT2D eigenvalue weighted by atomic mass is 10.0. The molecule has 0 radical (unpaired) electrons. The van der Waals surface area contributed by atoms with Crippen molar-refractivity contribution in [2.24, 2.45) is 0 Å². The quantitative estimate of drug-likeness (QED) is 0.320. The molecule has 0 atom stereocenters. The molecule has 0 N–H and O–H groups in total. The SMILES string of the molecule is c1ccc(-c2ncc3n2-c2ccccc2-c2ccccc2N3c2ccccc2)cc1. The van der Waals surface area contributed by atoms with Crippen LogP contribution in [-0.4, -0.2) is 9.55 Å². The van der Waals surface area contributed by atoms with E-state index in [1.165, 1.54) is 11.1 Å². The average Bonchev–Trinajstić information content (AvgIpc) is 3.21. The Morgan fingerprint density at radius 3 is 1.83 bits per heavy atom. The molecule has 0 bridgehead atoms. The van der Waals surface area contributed by atoms with Gasteiger partial charge in [0, 0.05) is 22.4 Å². The third-order valence-corrected chi connectivity index (χ3v) is 5.60. The van der Waals surface area contributed by atoms with E-state index in [1.807, 2.05) is 12.3 Å². The Balaban J connectivity index is 1.74. The lowest BCUT2D eigenvalue weighted by Crippen LogP contribution is -2.13. The van der Waals surface area contributed by atoms with Gasteiger partial charge in [-0.05, 0) is 24.3 Å². The van der Waals surface area contributed by atoms with E-state index in [-0.39, 0.29) is 0 Å². The van der Waals surface area contributed by atoms with E-state index in [4.69, 9.17) is 4.98 Å². The van der Waals surface area contributed by atoms with Crippen LogP contribution in [0, 0.1) is 0 Å². The molecule has 1 aliphatic heterocycles. The predicted molar refractivity (Wildman–Crippen MR) is 123 cm³/mol. The molecule has 0 aliphatic carbocycles. The number of benzene rings is 4. The third kappa shape index (κ3) is 2.49. The van der Waals surface area contributed by atoms with Crippen molar-refractivity contribution in [3.05, 3.63) is 115 Å². The van der Waals surface area contributed by atoms with E-state index >= 15 is 0 Å². The molecule has 1 aromatic heterocycles. The molecule has 0 saturated heterocycles. The van der Waals surface area contributed by atoms with Crippen molar-refractivity contribution in [3.8, 4) is 28.2 Å². The topological polar surface area (TPSA) is 21.1 Å². The maximum absolute atomic E-state index is 4.88. The van der Waals surface area contributed by atoms with E-state index in [1.54, 1.807) is 0 Å². The zero-order chi connectivity index (χ0) is 19.9. The van der Waals surface area contributed by atoms with Crippen LogP contribution >= 0.6 is 0 Å². The lowest BCUT2D eigenvalue weighted by Gasteiger charge is -2.25. The van der Waals surface area contributed by atoms with Crippen LogP contribution in [0.1, 0.15) is 0 Å². The summed E-state index contributed by atoms with van der Waals surface area (Å²) in [5.41, 5.74) is 6.89. The van der Waals surface area contributed by atoms with Crippen LogP contribution in [0.4, 0.5) is 17.2 Å². The van der Waals surface area contributed by atoms with Crippen molar-refractivity contribution < 1.29 is 0 Å². The summed E-state index contributed by atoms with van der Waals surface area (Å²) < 4.78 is 2.28. The molecular formula is C27H19N3. The molecular weight excluding hydrogens is 366 g/mol. The number of hydrogen-bond donors (Lipinski definition) is 0. The number of rotatable bonds is 2. The summed E-state index contributed by atoms with van der Waals surface area (Å²) in [6.07, 6.45) is 1.98. The Bertz CT molecular complexity index is 1340. The smallest absolute Gasteiger partial charge is 0.146 e. The van der Waals surface area contributed by atoms with Crippen molar-refractivity contribution in [1.82, 2.24) is 9.55 Å². The molecule has 6 rings (SSSR count). The van der Waals surface area contributed by atoms with Crippen LogP contribution in [0.5, 0.6) is 0 Å². The fourth-order valence-corrected chi connectivity index (χ4v) is 4.29. The van der Waals surface area contributed by atoms with Gasteiger partial charge in [-0.3, -0.25) is 9.47 Å². The molecule has 142 valence electrons. The van der Waals surface area contributed by atoms with Gasteiger partial charge in [0.1, 0.15) is 11.6 Å². The summed E-state index contributed by atoms with van der Waals surface area (Å²) in [5.74, 6) is 1.96. The largest absolute Gasteiger partial charge is 0.294 e. The second-order valence-electron chi connectivity index (χ2n) is 7.35.